The van der Waals surface area contributed by atoms with Crippen molar-refractivity contribution in [2.45, 2.75) is 13.8 Å². The molecule has 0 radical (unpaired) electrons. The van der Waals surface area contributed by atoms with E-state index in [2.05, 4.69) is 15.5 Å². The van der Waals surface area contributed by atoms with Gasteiger partial charge in [-0.2, -0.15) is 4.68 Å². The van der Waals surface area contributed by atoms with Crippen LogP contribution in [0.1, 0.15) is 11.1 Å². The molecule has 1 aromatic heterocycles. The summed E-state index contributed by atoms with van der Waals surface area (Å²) >= 11 is 6.31. The van der Waals surface area contributed by atoms with Crippen LogP contribution in [0.4, 0.5) is 5.69 Å². The molecule has 1 heterocycles. The predicted molar refractivity (Wildman–Crippen MR) is 83.5 cm³/mol. The van der Waals surface area contributed by atoms with Crippen LogP contribution in [0, 0.1) is 13.8 Å². The Morgan fingerprint density at radius 2 is 1.86 bits per heavy atom. The lowest BCUT2D eigenvalue weighted by atomic mass is 10.1. The maximum absolute atomic E-state index is 6.31. The highest BCUT2D eigenvalue weighted by Gasteiger charge is 2.17. The lowest BCUT2D eigenvalue weighted by Crippen LogP contribution is -2.04. The Hall–Kier alpha value is -2.40. The molecule has 0 aliphatic heterocycles. The SMILES string of the molecule is Cc1cccc(Cl)c1-n1nnnc1-c1cccc(N)c1C. The van der Waals surface area contributed by atoms with Crippen LogP contribution >= 0.6 is 11.6 Å². The molecule has 0 aliphatic rings. The Labute approximate surface area is 127 Å². The van der Waals surface area contributed by atoms with E-state index < -0.39 is 0 Å². The fraction of sp³-hybridized carbons (Fsp3) is 0.133. The monoisotopic (exact) mass is 299 g/mol. The quantitative estimate of drug-likeness (QED) is 0.738. The highest BCUT2D eigenvalue weighted by atomic mass is 35.5. The molecule has 0 bridgehead atoms. The molecule has 0 saturated carbocycles. The summed E-state index contributed by atoms with van der Waals surface area (Å²) in [5, 5.41) is 12.6. The van der Waals surface area contributed by atoms with Crippen LogP contribution in [0.2, 0.25) is 5.02 Å². The molecule has 0 unspecified atom stereocenters. The number of nitrogens with two attached hydrogens (primary N) is 1. The van der Waals surface area contributed by atoms with Gasteiger partial charge in [0.25, 0.3) is 0 Å². The zero-order chi connectivity index (χ0) is 15.0. The molecule has 0 aliphatic carbocycles. The van der Waals surface area contributed by atoms with E-state index in [1.165, 1.54) is 0 Å². The van der Waals surface area contributed by atoms with Gasteiger partial charge in [-0.05, 0) is 47.5 Å². The molecule has 106 valence electrons. The van der Waals surface area contributed by atoms with Crippen molar-refractivity contribution in [2.75, 3.05) is 5.73 Å². The van der Waals surface area contributed by atoms with E-state index in [1.54, 1.807) is 4.68 Å². The third kappa shape index (κ3) is 2.25. The Morgan fingerprint density at radius 3 is 2.62 bits per heavy atom. The minimum atomic E-state index is 0.602. The van der Waals surface area contributed by atoms with E-state index in [0.717, 1.165) is 22.4 Å². The van der Waals surface area contributed by atoms with Crippen LogP contribution in [0.3, 0.4) is 0 Å². The number of halogens is 1. The first-order valence-electron chi connectivity index (χ1n) is 6.49. The van der Waals surface area contributed by atoms with Crippen molar-refractivity contribution in [3.05, 3.63) is 52.5 Å². The smallest absolute Gasteiger partial charge is 0.187 e. The van der Waals surface area contributed by atoms with Crippen molar-refractivity contribution in [3.63, 3.8) is 0 Å². The lowest BCUT2D eigenvalue weighted by molar-refractivity contribution is 0.787. The number of aryl methyl sites for hydroxylation is 1. The molecule has 3 rings (SSSR count). The molecule has 0 atom stereocenters. The highest BCUT2D eigenvalue weighted by Crippen LogP contribution is 2.30. The first-order chi connectivity index (χ1) is 10.1. The van der Waals surface area contributed by atoms with Crippen molar-refractivity contribution >= 4 is 17.3 Å². The summed E-state index contributed by atoms with van der Waals surface area (Å²) in [7, 11) is 0. The number of para-hydroxylation sites is 1. The van der Waals surface area contributed by atoms with Gasteiger partial charge in [0.05, 0.1) is 10.7 Å². The average molecular weight is 300 g/mol. The van der Waals surface area contributed by atoms with E-state index in [1.807, 2.05) is 50.2 Å². The van der Waals surface area contributed by atoms with Gasteiger partial charge in [0, 0.05) is 11.3 Å². The predicted octanol–water partition coefficient (Wildman–Crippen LogP) is 3.18. The van der Waals surface area contributed by atoms with Gasteiger partial charge in [-0.15, -0.1) is 5.10 Å². The van der Waals surface area contributed by atoms with Crippen LogP contribution in [-0.2, 0) is 0 Å². The van der Waals surface area contributed by atoms with Crippen molar-refractivity contribution in [1.29, 1.82) is 0 Å². The minimum absolute atomic E-state index is 0.602. The summed E-state index contributed by atoms with van der Waals surface area (Å²) in [5.41, 5.74) is 10.3. The molecule has 3 aromatic rings. The molecule has 2 N–H and O–H groups in total. The van der Waals surface area contributed by atoms with Gasteiger partial charge in [0.15, 0.2) is 5.82 Å². The van der Waals surface area contributed by atoms with Gasteiger partial charge < -0.3 is 5.73 Å². The average Bonchev–Trinajstić information content (AvgIpc) is 2.91. The Kier molecular flexibility index (Phi) is 3.35. The van der Waals surface area contributed by atoms with Gasteiger partial charge >= 0.3 is 0 Å². The van der Waals surface area contributed by atoms with Gasteiger partial charge in [-0.1, -0.05) is 35.9 Å². The van der Waals surface area contributed by atoms with Gasteiger partial charge in [0.1, 0.15) is 0 Å². The second-order valence-electron chi connectivity index (χ2n) is 4.84. The van der Waals surface area contributed by atoms with Crippen LogP contribution in [0.5, 0.6) is 0 Å². The Balaban J connectivity index is 2.25. The zero-order valence-corrected chi connectivity index (χ0v) is 12.5. The third-order valence-corrected chi connectivity index (χ3v) is 3.79. The van der Waals surface area contributed by atoms with E-state index in [4.69, 9.17) is 17.3 Å². The molecule has 0 spiro atoms. The van der Waals surface area contributed by atoms with Crippen molar-refractivity contribution in [2.24, 2.45) is 0 Å². The van der Waals surface area contributed by atoms with E-state index in [-0.39, 0.29) is 0 Å². The summed E-state index contributed by atoms with van der Waals surface area (Å²) in [5.74, 6) is 0.621. The fourth-order valence-corrected chi connectivity index (χ4v) is 2.59. The maximum atomic E-state index is 6.31. The highest BCUT2D eigenvalue weighted by molar-refractivity contribution is 6.32. The molecule has 0 amide bonds. The molecule has 5 nitrogen and oxygen atoms in total. The molecule has 2 aromatic carbocycles. The third-order valence-electron chi connectivity index (χ3n) is 3.49. The van der Waals surface area contributed by atoms with Gasteiger partial charge in [0.2, 0.25) is 0 Å². The number of aromatic nitrogens is 4. The number of anilines is 1. The van der Waals surface area contributed by atoms with E-state index in [9.17, 15) is 0 Å². The molecule has 0 saturated heterocycles. The summed E-state index contributed by atoms with van der Waals surface area (Å²) in [6.45, 7) is 3.92. The molecule has 0 fully saturated rings. The number of nitrogen functional groups attached to an aromatic ring is 1. The minimum Gasteiger partial charge on any atom is -0.398 e. The summed E-state index contributed by atoms with van der Waals surface area (Å²) < 4.78 is 1.65. The van der Waals surface area contributed by atoms with Crippen molar-refractivity contribution < 1.29 is 0 Å². The van der Waals surface area contributed by atoms with Gasteiger partial charge in [-0.25, -0.2) is 0 Å². The normalized spacial score (nSPS) is 10.8. The van der Waals surface area contributed by atoms with E-state index in [0.29, 0.717) is 16.5 Å². The van der Waals surface area contributed by atoms with Crippen LogP contribution in [0.25, 0.3) is 17.1 Å². The molecule has 21 heavy (non-hydrogen) atoms. The number of hydrogen-bond acceptors (Lipinski definition) is 4. The second kappa shape index (κ2) is 5.18. The molecular weight excluding hydrogens is 286 g/mol. The van der Waals surface area contributed by atoms with Crippen LogP contribution in [0.15, 0.2) is 36.4 Å². The number of rotatable bonds is 2. The molecular formula is C15H14ClN5. The Morgan fingerprint density at radius 1 is 1.10 bits per heavy atom. The zero-order valence-electron chi connectivity index (χ0n) is 11.7. The standard InChI is InChI=1S/C15H14ClN5/c1-9-5-3-7-12(16)14(9)21-15(18-19-20-21)11-6-4-8-13(17)10(11)2/h3-8H,17H2,1-2H3. The summed E-state index contributed by atoms with van der Waals surface area (Å²) in [6, 6.07) is 11.4. The van der Waals surface area contributed by atoms with Crippen molar-refractivity contribution in [3.8, 4) is 17.1 Å². The number of tetrazole rings is 1. The first kappa shape index (κ1) is 13.6. The van der Waals surface area contributed by atoms with Crippen LogP contribution < -0.4 is 5.73 Å². The summed E-state index contributed by atoms with van der Waals surface area (Å²) in [6.07, 6.45) is 0. The fourth-order valence-electron chi connectivity index (χ4n) is 2.29. The van der Waals surface area contributed by atoms with Crippen molar-refractivity contribution in [1.82, 2.24) is 20.2 Å². The Bertz CT molecular complexity index is 789. The van der Waals surface area contributed by atoms with Gasteiger partial charge in [-0.3, -0.25) is 0 Å². The second-order valence-corrected chi connectivity index (χ2v) is 5.25. The number of hydrogen-bond donors (Lipinski definition) is 1. The van der Waals surface area contributed by atoms with E-state index >= 15 is 0 Å². The van der Waals surface area contributed by atoms with Crippen LogP contribution in [-0.4, -0.2) is 20.2 Å². The summed E-state index contributed by atoms with van der Waals surface area (Å²) in [4.78, 5) is 0. The maximum Gasteiger partial charge on any atom is 0.187 e. The lowest BCUT2D eigenvalue weighted by Gasteiger charge is -2.11. The first-order valence-corrected chi connectivity index (χ1v) is 6.86. The number of benzene rings is 2. The largest absolute Gasteiger partial charge is 0.398 e. The molecule has 6 heteroatoms. The topological polar surface area (TPSA) is 69.6 Å². The number of nitrogens with zero attached hydrogens (tertiary/aromatic N) is 4.